The van der Waals surface area contributed by atoms with Crippen LogP contribution in [0, 0.1) is 0 Å². The molecule has 20 heavy (non-hydrogen) atoms. The highest BCUT2D eigenvalue weighted by Crippen LogP contribution is 2.16. The van der Waals surface area contributed by atoms with Gasteiger partial charge in [-0.15, -0.1) is 0 Å². The first-order valence-electron chi connectivity index (χ1n) is 6.52. The maximum Gasteiger partial charge on any atom is 0.257 e. The van der Waals surface area contributed by atoms with Crippen molar-refractivity contribution in [2.24, 2.45) is 5.14 Å². The third-order valence-corrected chi connectivity index (χ3v) is 3.49. The number of nitrogens with zero attached hydrogens (tertiary/aromatic N) is 2. The predicted octanol–water partition coefficient (Wildman–Crippen LogP) is 0.707. The summed E-state index contributed by atoms with van der Waals surface area (Å²) in [6.45, 7) is 6.21. The number of sulfonamides is 1. The lowest BCUT2D eigenvalue weighted by molar-refractivity contribution is 0.0972. The summed E-state index contributed by atoms with van der Waals surface area (Å²) in [6.07, 6.45) is 2.29. The highest BCUT2D eigenvalue weighted by Gasteiger charge is 2.17. The Bertz CT molecular complexity index is 511. The van der Waals surface area contributed by atoms with Gasteiger partial charge in [0, 0.05) is 39.0 Å². The first-order valence-corrected chi connectivity index (χ1v) is 8.07. The third-order valence-electron chi connectivity index (χ3n) is 2.71. The molecule has 2 N–H and O–H groups in total. The molecule has 0 saturated heterocycles. The van der Waals surface area contributed by atoms with E-state index < -0.39 is 10.0 Å². The largest absolute Gasteiger partial charge is 0.385 e. The number of nitrogens with two attached hydrogens (primary N) is 1. The van der Waals surface area contributed by atoms with Crippen LogP contribution < -0.4 is 5.14 Å². The molecule has 0 aliphatic heterocycles. The van der Waals surface area contributed by atoms with E-state index in [0.717, 1.165) is 6.42 Å². The molecule has 0 spiro atoms. The second kappa shape index (κ2) is 7.72. The van der Waals surface area contributed by atoms with Crippen molar-refractivity contribution in [3.05, 3.63) is 12.0 Å². The van der Waals surface area contributed by atoms with Crippen molar-refractivity contribution >= 4 is 10.0 Å². The van der Waals surface area contributed by atoms with Crippen molar-refractivity contribution in [1.29, 1.82) is 0 Å². The second-order valence-electron chi connectivity index (χ2n) is 4.79. The Morgan fingerprint density at radius 2 is 2.05 bits per heavy atom. The first-order chi connectivity index (χ1) is 9.36. The van der Waals surface area contributed by atoms with Crippen molar-refractivity contribution in [2.45, 2.75) is 37.8 Å². The van der Waals surface area contributed by atoms with Crippen LogP contribution in [0.2, 0.25) is 0 Å². The molecule has 1 aromatic rings. The van der Waals surface area contributed by atoms with Crippen LogP contribution >= 0.6 is 0 Å². The number of aromatic nitrogens is 2. The minimum absolute atomic E-state index is 0.0967. The molecule has 0 radical (unpaired) electrons. The number of hydrogen-bond acceptors (Lipinski definition) is 5. The lowest BCUT2D eigenvalue weighted by Gasteiger charge is -2.10. The van der Waals surface area contributed by atoms with Crippen molar-refractivity contribution in [2.75, 3.05) is 26.9 Å². The molecule has 1 aromatic heterocycles. The highest BCUT2D eigenvalue weighted by atomic mass is 32.2. The van der Waals surface area contributed by atoms with Crippen LogP contribution in [-0.4, -0.2) is 44.9 Å². The van der Waals surface area contributed by atoms with E-state index in [0.29, 0.717) is 32.2 Å². The molecule has 0 unspecified atom stereocenters. The van der Waals surface area contributed by atoms with E-state index in [-0.39, 0.29) is 10.9 Å². The molecule has 0 bridgehead atoms. The Balaban J connectivity index is 2.62. The van der Waals surface area contributed by atoms with E-state index in [9.17, 15) is 8.42 Å². The highest BCUT2D eigenvalue weighted by molar-refractivity contribution is 7.89. The fraction of sp³-hybridized carbons (Fsp3) is 0.750. The van der Waals surface area contributed by atoms with Gasteiger partial charge in [-0.1, -0.05) is 13.8 Å². The van der Waals surface area contributed by atoms with Crippen molar-refractivity contribution < 1.29 is 17.9 Å². The Kier molecular flexibility index (Phi) is 6.60. The Hall–Kier alpha value is -0.960. The van der Waals surface area contributed by atoms with Crippen LogP contribution in [0.4, 0.5) is 0 Å². The maximum absolute atomic E-state index is 11.3. The van der Waals surface area contributed by atoms with Crippen LogP contribution in [-0.2, 0) is 26.0 Å². The summed E-state index contributed by atoms with van der Waals surface area (Å²) in [5.74, 6) is 0.800. The average Bonchev–Trinajstić information content (AvgIpc) is 2.77. The molecule has 8 heteroatoms. The summed E-state index contributed by atoms with van der Waals surface area (Å²) in [7, 11) is -2.12. The molecule has 0 aromatic carbocycles. The van der Waals surface area contributed by atoms with Crippen LogP contribution in [0.5, 0.6) is 0 Å². The smallest absolute Gasteiger partial charge is 0.257 e. The fourth-order valence-corrected chi connectivity index (χ4v) is 2.25. The number of rotatable bonds is 9. The molecule has 1 heterocycles. The number of primary sulfonamides is 1. The van der Waals surface area contributed by atoms with Gasteiger partial charge in [-0.25, -0.2) is 18.5 Å². The van der Waals surface area contributed by atoms with E-state index in [2.05, 4.69) is 4.98 Å². The van der Waals surface area contributed by atoms with Crippen molar-refractivity contribution in [3.8, 4) is 0 Å². The van der Waals surface area contributed by atoms with Crippen LogP contribution in [0.1, 0.15) is 32.0 Å². The number of hydrogen-bond donors (Lipinski definition) is 1. The Labute approximate surface area is 120 Å². The minimum Gasteiger partial charge on any atom is -0.385 e. The molecular weight excluding hydrogens is 282 g/mol. The van der Waals surface area contributed by atoms with E-state index >= 15 is 0 Å². The van der Waals surface area contributed by atoms with E-state index in [1.165, 1.54) is 6.20 Å². The molecule has 7 nitrogen and oxygen atoms in total. The van der Waals surface area contributed by atoms with Crippen LogP contribution in [0.25, 0.3) is 0 Å². The predicted molar refractivity (Wildman–Crippen MR) is 75.0 cm³/mol. The fourth-order valence-electron chi connectivity index (χ4n) is 1.75. The van der Waals surface area contributed by atoms with Crippen molar-refractivity contribution in [1.82, 2.24) is 9.55 Å². The van der Waals surface area contributed by atoms with Gasteiger partial charge >= 0.3 is 0 Å². The van der Waals surface area contributed by atoms with Crippen LogP contribution in [0.15, 0.2) is 11.2 Å². The topological polar surface area (TPSA) is 96.4 Å². The van der Waals surface area contributed by atoms with Gasteiger partial charge in [-0.05, 0) is 6.42 Å². The molecule has 0 aliphatic carbocycles. The van der Waals surface area contributed by atoms with E-state index in [1.54, 1.807) is 11.7 Å². The molecule has 0 saturated carbocycles. The maximum atomic E-state index is 11.3. The number of methoxy groups -OCH3 is 1. The number of imidazole rings is 1. The summed E-state index contributed by atoms with van der Waals surface area (Å²) in [5.41, 5.74) is 0. The third kappa shape index (κ3) is 5.20. The Morgan fingerprint density at radius 1 is 1.35 bits per heavy atom. The Morgan fingerprint density at radius 3 is 2.60 bits per heavy atom. The van der Waals surface area contributed by atoms with Gasteiger partial charge in [0.1, 0.15) is 5.82 Å². The molecule has 1 rings (SSSR count). The zero-order valence-electron chi connectivity index (χ0n) is 12.2. The average molecular weight is 305 g/mol. The monoisotopic (exact) mass is 305 g/mol. The summed E-state index contributed by atoms with van der Waals surface area (Å²) in [5, 5.41) is 5.00. The molecule has 0 atom stereocenters. The minimum atomic E-state index is -3.77. The molecule has 0 aliphatic rings. The van der Waals surface area contributed by atoms with Gasteiger partial charge in [-0.2, -0.15) is 0 Å². The number of ether oxygens (including phenoxy) is 2. The normalized spacial score (nSPS) is 12.2. The quantitative estimate of drug-likeness (QED) is 0.678. The standard InChI is InChI=1S/C12H23N3O4S/c1-10(2)12-14-11(20(13,16)17)9-15(12)5-8-19-7-4-6-18-3/h9-10H,4-8H2,1-3H3,(H2,13,16,17). The summed E-state index contributed by atoms with van der Waals surface area (Å²) >= 11 is 0. The van der Waals surface area contributed by atoms with Gasteiger partial charge in [0.25, 0.3) is 10.0 Å². The van der Waals surface area contributed by atoms with E-state index in [1.807, 2.05) is 13.8 Å². The molecule has 116 valence electrons. The van der Waals surface area contributed by atoms with Gasteiger partial charge in [0.05, 0.1) is 6.61 Å². The van der Waals surface area contributed by atoms with E-state index in [4.69, 9.17) is 14.6 Å². The molecule has 0 fully saturated rings. The lowest BCUT2D eigenvalue weighted by Crippen LogP contribution is -2.12. The summed E-state index contributed by atoms with van der Waals surface area (Å²) in [4.78, 5) is 4.08. The molecular formula is C12H23N3O4S. The SMILES string of the molecule is COCCCOCCn1cc(S(N)(=O)=O)nc1C(C)C. The van der Waals surface area contributed by atoms with Gasteiger partial charge < -0.3 is 14.0 Å². The second-order valence-corrected chi connectivity index (χ2v) is 6.30. The van der Waals surface area contributed by atoms with Gasteiger partial charge in [0.15, 0.2) is 5.03 Å². The zero-order valence-corrected chi connectivity index (χ0v) is 13.0. The van der Waals surface area contributed by atoms with Gasteiger partial charge in [-0.3, -0.25) is 0 Å². The van der Waals surface area contributed by atoms with Gasteiger partial charge in [0.2, 0.25) is 0 Å². The van der Waals surface area contributed by atoms with Crippen LogP contribution in [0.3, 0.4) is 0 Å². The lowest BCUT2D eigenvalue weighted by atomic mass is 10.2. The summed E-state index contributed by atoms with van der Waals surface area (Å²) in [6, 6.07) is 0. The molecule has 0 amide bonds. The zero-order chi connectivity index (χ0) is 15.2. The first kappa shape index (κ1) is 17.1. The summed E-state index contributed by atoms with van der Waals surface area (Å²) < 4.78 is 34.8. The van der Waals surface area contributed by atoms with Crippen molar-refractivity contribution in [3.63, 3.8) is 0 Å².